The zero-order valence-electron chi connectivity index (χ0n) is 17.4. The smallest absolute Gasteiger partial charge is 0.242 e. The van der Waals surface area contributed by atoms with Crippen LogP contribution in [0.15, 0.2) is 36.4 Å². The number of carbonyl (C=O) groups excluding carboxylic acids is 1. The van der Waals surface area contributed by atoms with Crippen LogP contribution in [0.25, 0.3) is 22.4 Å². The van der Waals surface area contributed by atoms with Crippen molar-refractivity contribution in [3.63, 3.8) is 0 Å². The van der Waals surface area contributed by atoms with Crippen molar-refractivity contribution in [1.82, 2.24) is 9.55 Å². The second-order valence-corrected chi connectivity index (χ2v) is 13.9. The van der Waals surface area contributed by atoms with E-state index in [0.29, 0.717) is 16.9 Å². The molecule has 0 amide bonds. The summed E-state index contributed by atoms with van der Waals surface area (Å²) in [5.41, 5.74) is 1.77. The van der Waals surface area contributed by atoms with E-state index in [1.165, 1.54) is 4.57 Å². The molecule has 1 unspecified atom stereocenters. The Morgan fingerprint density at radius 1 is 1.03 bits per heavy atom. The largest absolute Gasteiger partial charge is 0.273 e. The van der Waals surface area contributed by atoms with Gasteiger partial charge in [-0.25, -0.2) is 13.8 Å². The lowest BCUT2D eigenvalue weighted by molar-refractivity contribution is 0.0822. The van der Waals surface area contributed by atoms with Gasteiger partial charge in [-0.3, -0.25) is 9.36 Å². The first-order chi connectivity index (χ1) is 13.8. The van der Waals surface area contributed by atoms with Crippen LogP contribution in [0.4, 0.5) is 8.78 Å². The predicted molar refractivity (Wildman–Crippen MR) is 115 cm³/mol. The first-order valence-electron chi connectivity index (χ1n) is 10.3. The molecular weight excluding hydrogens is 386 g/mol. The maximum atomic E-state index is 14.0. The monoisotopic (exact) mass is 412 g/mol. The van der Waals surface area contributed by atoms with E-state index >= 15 is 0 Å². The quantitative estimate of drug-likeness (QED) is 0.454. The van der Waals surface area contributed by atoms with Gasteiger partial charge < -0.3 is 0 Å². The Hall–Kier alpha value is -2.34. The summed E-state index contributed by atoms with van der Waals surface area (Å²) in [6.45, 7) is 8.72. The van der Waals surface area contributed by atoms with Crippen LogP contribution in [0.2, 0.25) is 24.2 Å². The van der Waals surface area contributed by atoms with Crippen LogP contribution in [0.5, 0.6) is 0 Å². The molecule has 4 rings (SSSR count). The van der Waals surface area contributed by atoms with E-state index in [1.54, 1.807) is 0 Å². The van der Waals surface area contributed by atoms with E-state index in [9.17, 15) is 13.6 Å². The second kappa shape index (κ2) is 6.87. The van der Waals surface area contributed by atoms with Crippen molar-refractivity contribution in [3.8, 4) is 11.4 Å². The summed E-state index contributed by atoms with van der Waals surface area (Å²) in [6.07, 6.45) is 0. The van der Waals surface area contributed by atoms with E-state index in [2.05, 4.69) is 25.8 Å². The summed E-state index contributed by atoms with van der Waals surface area (Å²) < 4.78 is 29.4. The SMILES string of the molecule is CC[Si](CC)(CC)CC1(C)C(=O)n2c(nc3cc(F)c(F)cc32)-c2ccccc21. The molecule has 1 aromatic heterocycles. The summed E-state index contributed by atoms with van der Waals surface area (Å²) >= 11 is 0. The molecule has 0 spiro atoms. The molecule has 0 bridgehead atoms. The molecule has 0 saturated heterocycles. The number of hydrogen-bond acceptors (Lipinski definition) is 2. The fraction of sp³-hybridized carbons (Fsp3) is 0.391. The lowest BCUT2D eigenvalue weighted by Gasteiger charge is -2.41. The molecule has 0 N–H and O–H groups in total. The van der Waals surface area contributed by atoms with Crippen molar-refractivity contribution in [2.45, 2.75) is 57.3 Å². The lowest BCUT2D eigenvalue weighted by atomic mass is 9.78. The molecule has 3 nitrogen and oxygen atoms in total. The number of fused-ring (bicyclic) bond motifs is 5. The Balaban J connectivity index is 2.01. The zero-order valence-corrected chi connectivity index (χ0v) is 18.4. The predicted octanol–water partition coefficient (Wildman–Crippen LogP) is 6.40. The topological polar surface area (TPSA) is 34.9 Å². The number of nitrogens with zero attached hydrogens (tertiary/aromatic N) is 2. The van der Waals surface area contributed by atoms with Crippen LogP contribution in [0.3, 0.4) is 0 Å². The Kier molecular flexibility index (Phi) is 4.72. The summed E-state index contributed by atoms with van der Waals surface area (Å²) in [5.74, 6) is -1.54. The van der Waals surface area contributed by atoms with Gasteiger partial charge in [-0.1, -0.05) is 63.2 Å². The van der Waals surface area contributed by atoms with Gasteiger partial charge in [0.2, 0.25) is 5.91 Å². The molecule has 2 heterocycles. The minimum Gasteiger partial charge on any atom is -0.273 e. The summed E-state index contributed by atoms with van der Waals surface area (Å²) in [7, 11) is -1.66. The van der Waals surface area contributed by atoms with E-state index < -0.39 is 25.1 Å². The number of rotatable bonds is 5. The number of aromatic nitrogens is 2. The third-order valence-electron chi connectivity index (χ3n) is 7.11. The normalized spacial score (nSPS) is 18.8. The number of imidazole rings is 1. The van der Waals surface area contributed by atoms with Gasteiger partial charge in [-0.15, -0.1) is 0 Å². The minimum atomic E-state index is -1.66. The van der Waals surface area contributed by atoms with Crippen molar-refractivity contribution >= 4 is 25.0 Å². The maximum absolute atomic E-state index is 14.0. The van der Waals surface area contributed by atoms with Crippen LogP contribution in [-0.4, -0.2) is 23.5 Å². The van der Waals surface area contributed by atoms with Crippen molar-refractivity contribution < 1.29 is 13.6 Å². The highest BCUT2D eigenvalue weighted by molar-refractivity contribution is 6.80. The number of carbonyl (C=O) groups is 1. The molecule has 3 aromatic rings. The van der Waals surface area contributed by atoms with E-state index in [1.807, 2.05) is 31.2 Å². The van der Waals surface area contributed by atoms with Crippen LogP contribution in [0.1, 0.15) is 38.1 Å². The first-order valence-corrected chi connectivity index (χ1v) is 13.1. The Labute approximate surface area is 170 Å². The third kappa shape index (κ3) is 2.80. The van der Waals surface area contributed by atoms with Gasteiger partial charge >= 0.3 is 0 Å². The summed E-state index contributed by atoms with van der Waals surface area (Å²) in [5, 5.41) is 0. The number of hydrogen-bond donors (Lipinski definition) is 0. The van der Waals surface area contributed by atoms with E-state index in [-0.39, 0.29) is 5.91 Å². The molecule has 152 valence electrons. The molecule has 0 fully saturated rings. The number of benzene rings is 2. The fourth-order valence-electron chi connectivity index (χ4n) is 5.03. The van der Waals surface area contributed by atoms with Gasteiger partial charge in [0.05, 0.1) is 24.5 Å². The average Bonchev–Trinajstić information content (AvgIpc) is 3.09. The van der Waals surface area contributed by atoms with E-state index in [0.717, 1.165) is 47.4 Å². The molecule has 1 aliphatic rings. The van der Waals surface area contributed by atoms with E-state index in [4.69, 9.17) is 0 Å². The van der Waals surface area contributed by atoms with Gasteiger partial charge in [-0.05, 0) is 18.5 Å². The van der Waals surface area contributed by atoms with Gasteiger partial charge in [0, 0.05) is 17.7 Å². The fourth-order valence-corrected chi connectivity index (χ4v) is 9.12. The summed E-state index contributed by atoms with van der Waals surface area (Å²) in [4.78, 5) is 18.4. The minimum absolute atomic E-state index is 0.0908. The maximum Gasteiger partial charge on any atom is 0.242 e. The Bertz CT molecular complexity index is 1110. The Morgan fingerprint density at radius 3 is 2.31 bits per heavy atom. The molecule has 0 radical (unpaired) electrons. The summed E-state index contributed by atoms with van der Waals surface area (Å²) in [6, 6.07) is 14.2. The highest BCUT2D eigenvalue weighted by atomic mass is 28.3. The number of halogens is 2. The van der Waals surface area contributed by atoms with Crippen LogP contribution in [-0.2, 0) is 5.41 Å². The molecule has 1 aliphatic heterocycles. The molecule has 6 heteroatoms. The van der Waals surface area contributed by atoms with Crippen molar-refractivity contribution in [2.24, 2.45) is 0 Å². The van der Waals surface area contributed by atoms with Gasteiger partial charge in [0.25, 0.3) is 0 Å². The highest BCUT2D eigenvalue weighted by Gasteiger charge is 2.48. The third-order valence-corrected chi connectivity index (χ3v) is 13.1. The average molecular weight is 413 g/mol. The molecule has 2 aromatic carbocycles. The van der Waals surface area contributed by atoms with Crippen LogP contribution >= 0.6 is 0 Å². The van der Waals surface area contributed by atoms with Gasteiger partial charge in [-0.2, -0.15) is 0 Å². The van der Waals surface area contributed by atoms with Gasteiger partial charge in [0.15, 0.2) is 11.6 Å². The first kappa shape index (κ1) is 20.0. The standard InChI is InChI=1S/C23H26F2N2OSi/c1-5-29(6-2,7-3)14-23(4)16-11-9-8-10-15(16)21-26-19-12-17(24)18(25)13-20(19)27(21)22(23)28/h8-13H,5-7,14H2,1-4H3. The van der Waals surface area contributed by atoms with Crippen LogP contribution < -0.4 is 0 Å². The molecule has 0 saturated carbocycles. The molecule has 29 heavy (non-hydrogen) atoms. The van der Waals surface area contributed by atoms with Crippen LogP contribution in [0, 0.1) is 11.6 Å². The molecule has 1 atom stereocenters. The molecular formula is C23H26F2N2OSi. The van der Waals surface area contributed by atoms with Gasteiger partial charge in [0.1, 0.15) is 5.82 Å². The molecule has 0 aliphatic carbocycles. The van der Waals surface area contributed by atoms with Crippen molar-refractivity contribution in [2.75, 3.05) is 0 Å². The highest BCUT2D eigenvalue weighted by Crippen LogP contribution is 2.47. The van der Waals surface area contributed by atoms with Crippen molar-refractivity contribution in [1.29, 1.82) is 0 Å². The zero-order chi connectivity index (χ0) is 21.0. The Morgan fingerprint density at radius 2 is 1.66 bits per heavy atom. The van der Waals surface area contributed by atoms with Crippen molar-refractivity contribution in [3.05, 3.63) is 53.6 Å². The lowest BCUT2D eigenvalue weighted by Crippen LogP contribution is -2.48. The second-order valence-electron chi connectivity index (χ2n) is 8.45.